The van der Waals surface area contributed by atoms with E-state index in [1.807, 2.05) is 46.8 Å². The van der Waals surface area contributed by atoms with Crippen LogP contribution in [0.3, 0.4) is 0 Å². The Balaban J connectivity index is 1.63. The monoisotopic (exact) mass is 343 g/mol. The zero-order valence-corrected chi connectivity index (χ0v) is 14.9. The van der Waals surface area contributed by atoms with Crippen LogP contribution in [0.5, 0.6) is 0 Å². The number of pyridine rings is 1. The molecule has 0 aliphatic carbocycles. The van der Waals surface area contributed by atoms with Crippen molar-refractivity contribution >= 4 is 5.91 Å². The molecule has 2 aromatic heterocycles. The second-order valence-electron chi connectivity index (χ2n) is 6.44. The predicted molar refractivity (Wildman–Crippen MR) is 93.5 cm³/mol. The molecule has 0 atom stereocenters. The third-order valence-corrected chi connectivity index (χ3v) is 4.60. The van der Waals surface area contributed by atoms with Crippen molar-refractivity contribution in [3.63, 3.8) is 0 Å². The molecule has 0 saturated heterocycles. The summed E-state index contributed by atoms with van der Waals surface area (Å²) in [5.74, 6) is 0.102. The minimum atomic E-state index is -0.0850. The number of hydrogen-bond donors (Lipinski definition) is 1. The van der Waals surface area contributed by atoms with E-state index in [0.29, 0.717) is 31.9 Å². The van der Waals surface area contributed by atoms with E-state index in [4.69, 9.17) is 0 Å². The van der Waals surface area contributed by atoms with Gasteiger partial charge in [-0.3, -0.25) is 19.4 Å². The van der Waals surface area contributed by atoms with Crippen LogP contribution >= 0.6 is 0 Å². The Kier molecular flexibility index (Phi) is 5.45. The van der Waals surface area contributed by atoms with Gasteiger partial charge in [0, 0.05) is 56.3 Å². The predicted octanol–water partition coefficient (Wildman–Crippen LogP) is 0.807. The summed E-state index contributed by atoms with van der Waals surface area (Å²) in [6.07, 6.45) is 4.35. The van der Waals surface area contributed by atoms with Gasteiger partial charge < -0.3 is 10.0 Å². The number of amides is 1. The first-order valence-corrected chi connectivity index (χ1v) is 8.65. The van der Waals surface area contributed by atoms with Gasteiger partial charge in [0.15, 0.2) is 0 Å². The number of aromatic nitrogens is 3. The first-order chi connectivity index (χ1) is 12.1. The van der Waals surface area contributed by atoms with Crippen LogP contribution in [0.2, 0.25) is 0 Å². The lowest BCUT2D eigenvalue weighted by Crippen LogP contribution is -2.41. The van der Waals surface area contributed by atoms with Gasteiger partial charge in [-0.15, -0.1) is 0 Å². The molecule has 1 amide bonds. The summed E-state index contributed by atoms with van der Waals surface area (Å²) in [6.45, 7) is 5.02. The fraction of sp³-hybridized carbons (Fsp3) is 0.500. The molecule has 0 unspecified atom stereocenters. The van der Waals surface area contributed by atoms with Crippen LogP contribution in [0, 0.1) is 0 Å². The number of aliphatic hydroxyl groups excluding tert-OH is 1. The molecule has 1 aliphatic rings. The van der Waals surface area contributed by atoms with E-state index in [1.165, 1.54) is 0 Å². The Labute approximate surface area is 147 Å². The molecule has 7 heteroatoms. The maximum atomic E-state index is 12.7. The molecule has 0 bridgehead atoms. The van der Waals surface area contributed by atoms with E-state index in [1.54, 1.807) is 6.20 Å². The number of likely N-dealkylation sites (N-methyl/N-ethyl adjacent to an activating group) is 1. The van der Waals surface area contributed by atoms with Gasteiger partial charge >= 0.3 is 0 Å². The van der Waals surface area contributed by atoms with E-state index in [0.717, 1.165) is 29.8 Å². The number of aliphatic hydroxyl groups is 1. The summed E-state index contributed by atoms with van der Waals surface area (Å²) in [4.78, 5) is 20.6. The van der Waals surface area contributed by atoms with Crippen molar-refractivity contribution < 1.29 is 9.90 Å². The van der Waals surface area contributed by atoms with Crippen molar-refractivity contribution in [3.8, 4) is 0 Å². The third kappa shape index (κ3) is 3.88. The third-order valence-electron chi connectivity index (χ3n) is 4.60. The minimum absolute atomic E-state index is 0.0850. The molecular formula is C18H25N5O2. The van der Waals surface area contributed by atoms with Crippen molar-refractivity contribution in [1.29, 1.82) is 0 Å². The van der Waals surface area contributed by atoms with Crippen molar-refractivity contribution in [1.82, 2.24) is 24.6 Å². The maximum Gasteiger partial charge on any atom is 0.237 e. The zero-order valence-electron chi connectivity index (χ0n) is 14.9. The molecule has 2 aromatic rings. The van der Waals surface area contributed by atoms with Crippen LogP contribution in [0.15, 0.2) is 24.5 Å². The zero-order chi connectivity index (χ0) is 17.8. The highest BCUT2D eigenvalue weighted by atomic mass is 16.3. The van der Waals surface area contributed by atoms with Crippen molar-refractivity contribution in [2.24, 2.45) is 0 Å². The first kappa shape index (κ1) is 17.6. The lowest BCUT2D eigenvalue weighted by molar-refractivity contribution is -0.133. The van der Waals surface area contributed by atoms with Crippen molar-refractivity contribution in [2.75, 3.05) is 20.1 Å². The molecule has 0 fully saturated rings. The van der Waals surface area contributed by atoms with E-state index in [-0.39, 0.29) is 12.5 Å². The van der Waals surface area contributed by atoms with Gasteiger partial charge in [-0.25, -0.2) is 0 Å². The number of nitrogens with zero attached hydrogens (tertiary/aromatic N) is 5. The fourth-order valence-electron chi connectivity index (χ4n) is 3.35. The highest BCUT2D eigenvalue weighted by Gasteiger charge is 2.27. The molecule has 7 nitrogen and oxygen atoms in total. The molecule has 134 valence electrons. The summed E-state index contributed by atoms with van der Waals surface area (Å²) in [5, 5.41) is 14.0. The van der Waals surface area contributed by atoms with Gasteiger partial charge in [-0.05, 0) is 25.6 Å². The highest BCUT2D eigenvalue weighted by Crippen LogP contribution is 2.23. The average molecular weight is 343 g/mol. The van der Waals surface area contributed by atoms with Gasteiger partial charge in [0.05, 0.1) is 18.8 Å². The minimum Gasteiger partial charge on any atom is -0.390 e. The SMILES string of the molecule is CCn1nc(CO)c2c1CCN(C(=O)CN(C)Cc1cccnc1)C2. The molecule has 3 heterocycles. The smallest absolute Gasteiger partial charge is 0.237 e. The lowest BCUT2D eigenvalue weighted by Gasteiger charge is -2.29. The molecule has 3 rings (SSSR count). The van der Waals surface area contributed by atoms with Crippen LogP contribution in [0.4, 0.5) is 0 Å². The maximum absolute atomic E-state index is 12.7. The largest absolute Gasteiger partial charge is 0.390 e. The number of carbonyl (C=O) groups is 1. The summed E-state index contributed by atoms with van der Waals surface area (Å²) < 4.78 is 1.94. The van der Waals surface area contributed by atoms with E-state index >= 15 is 0 Å². The number of rotatable bonds is 6. The molecule has 0 spiro atoms. The molecule has 25 heavy (non-hydrogen) atoms. The van der Waals surface area contributed by atoms with Crippen LogP contribution in [0.25, 0.3) is 0 Å². The number of aryl methyl sites for hydroxylation is 1. The highest BCUT2D eigenvalue weighted by molar-refractivity contribution is 5.78. The molecule has 0 aromatic carbocycles. The first-order valence-electron chi connectivity index (χ1n) is 8.65. The van der Waals surface area contributed by atoms with Gasteiger partial charge in [-0.1, -0.05) is 6.07 Å². The Bertz CT molecular complexity index is 729. The molecule has 1 N–H and O–H groups in total. The Hall–Kier alpha value is -2.25. The molecule has 1 aliphatic heterocycles. The Morgan fingerprint density at radius 3 is 2.96 bits per heavy atom. The van der Waals surface area contributed by atoms with E-state index < -0.39 is 0 Å². The quantitative estimate of drug-likeness (QED) is 0.840. The normalized spacial score (nSPS) is 14.0. The van der Waals surface area contributed by atoms with E-state index in [9.17, 15) is 9.90 Å². The second-order valence-corrected chi connectivity index (χ2v) is 6.44. The van der Waals surface area contributed by atoms with E-state index in [2.05, 4.69) is 10.1 Å². The van der Waals surface area contributed by atoms with Crippen LogP contribution in [-0.2, 0) is 37.5 Å². The fourth-order valence-corrected chi connectivity index (χ4v) is 3.35. The van der Waals surface area contributed by atoms with Gasteiger partial charge in [0.2, 0.25) is 5.91 Å². The number of hydrogen-bond acceptors (Lipinski definition) is 5. The average Bonchev–Trinajstić information content (AvgIpc) is 2.99. The van der Waals surface area contributed by atoms with Crippen LogP contribution in [0.1, 0.15) is 29.4 Å². The number of carbonyl (C=O) groups excluding carboxylic acids is 1. The van der Waals surface area contributed by atoms with Crippen LogP contribution in [-0.4, -0.2) is 55.7 Å². The summed E-state index contributed by atoms with van der Waals surface area (Å²) in [7, 11) is 1.94. The van der Waals surface area contributed by atoms with Gasteiger partial charge in [0.1, 0.15) is 0 Å². The second kappa shape index (κ2) is 7.76. The molecule has 0 radical (unpaired) electrons. The summed E-state index contributed by atoms with van der Waals surface area (Å²) in [5.41, 5.74) is 3.95. The Morgan fingerprint density at radius 2 is 2.28 bits per heavy atom. The standard InChI is InChI=1S/C18H25N5O2/c1-3-23-17-6-8-22(11-15(17)16(13-24)20-23)18(25)12-21(2)10-14-5-4-7-19-9-14/h4-5,7,9,24H,3,6,8,10-13H2,1-2H3. The van der Waals surface area contributed by atoms with Crippen molar-refractivity contribution in [2.45, 2.75) is 39.6 Å². The van der Waals surface area contributed by atoms with Gasteiger partial charge in [0.25, 0.3) is 0 Å². The lowest BCUT2D eigenvalue weighted by atomic mass is 10.1. The molecule has 0 saturated carbocycles. The van der Waals surface area contributed by atoms with Gasteiger partial charge in [-0.2, -0.15) is 5.10 Å². The van der Waals surface area contributed by atoms with Crippen LogP contribution < -0.4 is 0 Å². The van der Waals surface area contributed by atoms with Crippen molar-refractivity contribution in [3.05, 3.63) is 47.0 Å². The summed E-state index contributed by atoms with van der Waals surface area (Å²) >= 11 is 0. The summed E-state index contributed by atoms with van der Waals surface area (Å²) in [6, 6.07) is 3.91. The molecular weight excluding hydrogens is 318 g/mol. The Morgan fingerprint density at radius 1 is 1.44 bits per heavy atom. The number of fused-ring (bicyclic) bond motifs is 1. The topological polar surface area (TPSA) is 74.5 Å².